The van der Waals surface area contributed by atoms with Gasteiger partial charge in [-0.2, -0.15) is 0 Å². The number of carbonyl (C=O) groups excluding carboxylic acids is 2. The van der Waals surface area contributed by atoms with Crippen molar-refractivity contribution in [2.24, 2.45) is 5.92 Å². The average molecular weight is 354 g/mol. The van der Waals surface area contributed by atoms with Gasteiger partial charge in [0.25, 0.3) is 11.8 Å². The molecular weight excluding hydrogens is 328 g/mol. The fraction of sp³-hybridized carbons (Fsp3) is 0.333. The molecule has 2 aromatic rings. The number of anilines is 1. The van der Waals surface area contributed by atoms with E-state index in [1.54, 1.807) is 24.3 Å². The highest BCUT2D eigenvalue weighted by molar-refractivity contribution is 6.04. The zero-order chi connectivity index (χ0) is 18.9. The lowest BCUT2D eigenvalue weighted by Gasteiger charge is -2.18. The zero-order valence-electron chi connectivity index (χ0n) is 15.5. The van der Waals surface area contributed by atoms with Crippen LogP contribution in [0, 0.1) is 5.92 Å². The standard InChI is InChI=1S/C21H26N2O3/c1-4-19(26-16-10-6-5-7-11-16)21(25)23-18-13-9-8-12-17(18)20(24)22-14-15(2)3/h5-13,15,19H,4,14H2,1-3H3,(H,22,24)(H,23,25)/t19-/m1/s1. The summed E-state index contributed by atoms with van der Waals surface area (Å²) < 4.78 is 5.76. The number of nitrogens with one attached hydrogen (secondary N) is 2. The van der Waals surface area contributed by atoms with Gasteiger partial charge in [-0.15, -0.1) is 0 Å². The molecule has 0 radical (unpaired) electrons. The molecule has 0 bridgehead atoms. The number of hydrogen-bond acceptors (Lipinski definition) is 3. The second kappa shape index (κ2) is 9.61. The van der Waals surface area contributed by atoms with Crippen LogP contribution in [0.5, 0.6) is 5.75 Å². The highest BCUT2D eigenvalue weighted by atomic mass is 16.5. The highest BCUT2D eigenvalue weighted by Crippen LogP contribution is 2.18. The van der Waals surface area contributed by atoms with Gasteiger partial charge in [-0.25, -0.2) is 0 Å². The third-order valence-electron chi connectivity index (χ3n) is 3.79. The fourth-order valence-corrected chi connectivity index (χ4v) is 2.38. The molecule has 0 aliphatic heterocycles. The van der Waals surface area contributed by atoms with E-state index in [0.29, 0.717) is 35.9 Å². The van der Waals surface area contributed by atoms with Crippen molar-refractivity contribution in [2.75, 3.05) is 11.9 Å². The van der Waals surface area contributed by atoms with Gasteiger partial charge in [0.05, 0.1) is 11.3 Å². The van der Waals surface area contributed by atoms with E-state index in [1.165, 1.54) is 0 Å². The van der Waals surface area contributed by atoms with Crippen molar-refractivity contribution in [2.45, 2.75) is 33.3 Å². The van der Waals surface area contributed by atoms with E-state index in [9.17, 15) is 9.59 Å². The molecule has 2 amide bonds. The molecule has 138 valence electrons. The number of para-hydroxylation sites is 2. The summed E-state index contributed by atoms with van der Waals surface area (Å²) in [5, 5.41) is 5.70. The molecule has 0 saturated heterocycles. The first-order valence-corrected chi connectivity index (χ1v) is 8.91. The summed E-state index contributed by atoms with van der Waals surface area (Å²) in [5.74, 6) is 0.508. The first kappa shape index (κ1) is 19.5. The Morgan fingerprint density at radius 1 is 1.00 bits per heavy atom. The van der Waals surface area contributed by atoms with Crippen molar-refractivity contribution >= 4 is 17.5 Å². The van der Waals surface area contributed by atoms with Gasteiger partial charge in [0.2, 0.25) is 0 Å². The molecule has 0 saturated carbocycles. The third-order valence-corrected chi connectivity index (χ3v) is 3.79. The van der Waals surface area contributed by atoms with Crippen LogP contribution in [0.3, 0.4) is 0 Å². The van der Waals surface area contributed by atoms with E-state index in [2.05, 4.69) is 10.6 Å². The molecule has 2 aromatic carbocycles. The minimum atomic E-state index is -0.635. The topological polar surface area (TPSA) is 67.4 Å². The van der Waals surface area contributed by atoms with Gasteiger partial charge in [0.1, 0.15) is 5.75 Å². The second-order valence-corrected chi connectivity index (χ2v) is 6.47. The van der Waals surface area contributed by atoms with Gasteiger partial charge in [0.15, 0.2) is 6.10 Å². The fourth-order valence-electron chi connectivity index (χ4n) is 2.38. The molecule has 2 N–H and O–H groups in total. The summed E-state index contributed by atoms with van der Waals surface area (Å²) in [6.07, 6.45) is -0.119. The summed E-state index contributed by atoms with van der Waals surface area (Å²) in [5.41, 5.74) is 0.921. The van der Waals surface area contributed by atoms with E-state index in [1.807, 2.05) is 51.1 Å². The zero-order valence-corrected chi connectivity index (χ0v) is 15.5. The molecule has 0 aliphatic rings. The lowest BCUT2D eigenvalue weighted by molar-refractivity contribution is -0.122. The van der Waals surface area contributed by atoms with Crippen LogP contribution in [0.25, 0.3) is 0 Å². The molecule has 26 heavy (non-hydrogen) atoms. The summed E-state index contributed by atoms with van der Waals surface area (Å²) in [6.45, 7) is 6.52. The van der Waals surface area contributed by atoms with Crippen LogP contribution in [-0.4, -0.2) is 24.5 Å². The Hall–Kier alpha value is -2.82. The number of amides is 2. The summed E-state index contributed by atoms with van der Waals surface area (Å²) in [6, 6.07) is 16.2. The molecule has 0 aliphatic carbocycles. The van der Waals surface area contributed by atoms with Gasteiger partial charge in [0, 0.05) is 6.54 Å². The Balaban J connectivity index is 2.09. The molecule has 0 heterocycles. The van der Waals surface area contributed by atoms with Crippen molar-refractivity contribution in [1.82, 2.24) is 5.32 Å². The summed E-state index contributed by atoms with van der Waals surface area (Å²) in [4.78, 5) is 25.0. The van der Waals surface area contributed by atoms with Gasteiger partial charge < -0.3 is 15.4 Å². The van der Waals surface area contributed by atoms with Crippen LogP contribution in [0.1, 0.15) is 37.6 Å². The Kier molecular flexibility index (Phi) is 7.21. The predicted octanol–water partition coefficient (Wildman–Crippen LogP) is 3.87. The van der Waals surface area contributed by atoms with Crippen molar-refractivity contribution in [3.8, 4) is 5.75 Å². The Labute approximate surface area is 154 Å². The largest absolute Gasteiger partial charge is 0.481 e. The third kappa shape index (κ3) is 5.62. The van der Waals surface area contributed by atoms with Crippen molar-refractivity contribution in [3.63, 3.8) is 0 Å². The van der Waals surface area contributed by atoms with Crippen LogP contribution >= 0.6 is 0 Å². The van der Waals surface area contributed by atoms with Crippen molar-refractivity contribution in [3.05, 3.63) is 60.2 Å². The first-order valence-electron chi connectivity index (χ1n) is 8.91. The van der Waals surface area contributed by atoms with Gasteiger partial charge in [-0.3, -0.25) is 9.59 Å². The van der Waals surface area contributed by atoms with Crippen molar-refractivity contribution < 1.29 is 14.3 Å². The number of ether oxygens (including phenoxy) is 1. The number of carbonyl (C=O) groups is 2. The van der Waals surface area contributed by atoms with Crippen molar-refractivity contribution in [1.29, 1.82) is 0 Å². The Bertz CT molecular complexity index is 729. The molecule has 5 nitrogen and oxygen atoms in total. The molecule has 0 unspecified atom stereocenters. The minimum absolute atomic E-state index is 0.202. The first-order chi connectivity index (χ1) is 12.5. The van der Waals surface area contributed by atoms with Crippen LogP contribution in [0.4, 0.5) is 5.69 Å². The van der Waals surface area contributed by atoms with Crippen LogP contribution in [-0.2, 0) is 4.79 Å². The molecule has 0 fully saturated rings. The summed E-state index contributed by atoms with van der Waals surface area (Å²) in [7, 11) is 0. The van der Waals surface area contributed by atoms with Crippen LogP contribution < -0.4 is 15.4 Å². The maximum atomic E-state index is 12.6. The minimum Gasteiger partial charge on any atom is -0.481 e. The number of rotatable bonds is 8. The molecule has 0 aromatic heterocycles. The molecular formula is C21H26N2O3. The van der Waals surface area contributed by atoms with Crippen LogP contribution in [0.2, 0.25) is 0 Å². The molecule has 1 atom stereocenters. The quantitative estimate of drug-likeness (QED) is 0.756. The van der Waals surface area contributed by atoms with E-state index in [4.69, 9.17) is 4.74 Å². The molecule has 2 rings (SSSR count). The number of hydrogen-bond donors (Lipinski definition) is 2. The highest BCUT2D eigenvalue weighted by Gasteiger charge is 2.21. The van der Waals surface area contributed by atoms with E-state index in [0.717, 1.165) is 0 Å². The average Bonchev–Trinajstić information content (AvgIpc) is 2.65. The predicted molar refractivity (Wildman–Crippen MR) is 103 cm³/mol. The maximum absolute atomic E-state index is 12.6. The SMILES string of the molecule is CC[C@@H](Oc1ccccc1)C(=O)Nc1ccccc1C(=O)NCC(C)C. The smallest absolute Gasteiger partial charge is 0.265 e. The van der Waals surface area contributed by atoms with Gasteiger partial charge >= 0.3 is 0 Å². The van der Waals surface area contributed by atoms with E-state index in [-0.39, 0.29) is 11.8 Å². The monoisotopic (exact) mass is 354 g/mol. The second-order valence-electron chi connectivity index (χ2n) is 6.47. The Morgan fingerprint density at radius 3 is 2.31 bits per heavy atom. The maximum Gasteiger partial charge on any atom is 0.265 e. The number of benzene rings is 2. The Morgan fingerprint density at radius 2 is 1.65 bits per heavy atom. The molecule has 5 heteroatoms. The lowest BCUT2D eigenvalue weighted by Crippen LogP contribution is -2.34. The van der Waals surface area contributed by atoms with Crippen LogP contribution in [0.15, 0.2) is 54.6 Å². The van der Waals surface area contributed by atoms with Gasteiger partial charge in [-0.1, -0.05) is 51.1 Å². The summed E-state index contributed by atoms with van der Waals surface area (Å²) >= 11 is 0. The normalized spacial score (nSPS) is 11.7. The van der Waals surface area contributed by atoms with E-state index < -0.39 is 6.10 Å². The molecule has 0 spiro atoms. The lowest BCUT2D eigenvalue weighted by atomic mass is 10.1. The van der Waals surface area contributed by atoms with E-state index >= 15 is 0 Å². The van der Waals surface area contributed by atoms with Gasteiger partial charge in [-0.05, 0) is 36.6 Å².